The first kappa shape index (κ1) is 13.7. The molecule has 1 aromatic carbocycles. The van der Waals surface area contributed by atoms with E-state index in [0.717, 1.165) is 31.0 Å². The molecule has 6 heteroatoms. The first-order valence-electron chi connectivity index (χ1n) is 6.05. The summed E-state index contributed by atoms with van der Waals surface area (Å²) in [5, 5.41) is 2.70. The third-order valence-electron chi connectivity index (χ3n) is 3.33. The smallest absolute Gasteiger partial charge is 0.398 e. The molecule has 1 aliphatic rings. The predicted molar refractivity (Wildman–Crippen MR) is 65.5 cm³/mol. The van der Waals surface area contributed by atoms with E-state index in [1.807, 2.05) is 0 Å². The Morgan fingerprint density at radius 3 is 2.53 bits per heavy atom. The summed E-state index contributed by atoms with van der Waals surface area (Å²) in [7, 11) is 0. The van der Waals surface area contributed by atoms with Gasteiger partial charge in [0.05, 0.1) is 11.1 Å². The number of benzene rings is 1. The fourth-order valence-corrected chi connectivity index (χ4v) is 2.21. The molecule has 0 saturated heterocycles. The molecule has 0 aromatic heterocycles. The van der Waals surface area contributed by atoms with Gasteiger partial charge in [-0.3, -0.25) is 4.79 Å². The van der Waals surface area contributed by atoms with Crippen molar-refractivity contribution in [1.82, 2.24) is 5.32 Å². The van der Waals surface area contributed by atoms with E-state index in [4.69, 9.17) is 5.73 Å². The van der Waals surface area contributed by atoms with Gasteiger partial charge in [-0.05, 0) is 37.0 Å². The highest BCUT2D eigenvalue weighted by Gasteiger charge is 2.32. The number of alkyl halides is 3. The molecule has 19 heavy (non-hydrogen) atoms. The summed E-state index contributed by atoms with van der Waals surface area (Å²) >= 11 is 0. The van der Waals surface area contributed by atoms with Crippen LogP contribution >= 0.6 is 0 Å². The highest BCUT2D eigenvalue weighted by Crippen LogP contribution is 2.32. The van der Waals surface area contributed by atoms with Crippen LogP contribution < -0.4 is 11.1 Å². The summed E-state index contributed by atoms with van der Waals surface area (Å²) in [6.45, 7) is 2.06. The molecule has 0 unspecified atom stereocenters. The van der Waals surface area contributed by atoms with Gasteiger partial charge in [-0.1, -0.05) is 6.92 Å². The van der Waals surface area contributed by atoms with Crippen molar-refractivity contribution in [3.8, 4) is 0 Å². The van der Waals surface area contributed by atoms with Crippen molar-refractivity contribution < 1.29 is 18.0 Å². The molecule has 1 aromatic rings. The van der Waals surface area contributed by atoms with E-state index in [2.05, 4.69) is 12.2 Å². The zero-order chi connectivity index (χ0) is 14.2. The van der Waals surface area contributed by atoms with E-state index in [0.29, 0.717) is 5.92 Å². The average molecular weight is 272 g/mol. The van der Waals surface area contributed by atoms with Gasteiger partial charge in [0.2, 0.25) is 0 Å². The first-order chi connectivity index (χ1) is 8.77. The van der Waals surface area contributed by atoms with Gasteiger partial charge in [-0.15, -0.1) is 0 Å². The SMILES string of the molecule is CC1CC(NC(=O)c2cc(C(F)(F)F)ccc2N)C1. The van der Waals surface area contributed by atoms with E-state index in [1.54, 1.807) is 0 Å². The molecular weight excluding hydrogens is 257 g/mol. The quantitative estimate of drug-likeness (QED) is 0.813. The number of nitrogen functional groups attached to an aromatic ring is 1. The maximum Gasteiger partial charge on any atom is 0.416 e. The van der Waals surface area contributed by atoms with Crippen molar-refractivity contribution >= 4 is 11.6 Å². The Morgan fingerprint density at radius 2 is 2.00 bits per heavy atom. The number of nitrogens with two attached hydrogens (primary N) is 1. The molecule has 0 radical (unpaired) electrons. The van der Waals surface area contributed by atoms with Gasteiger partial charge >= 0.3 is 6.18 Å². The molecule has 3 N–H and O–H groups in total. The lowest BCUT2D eigenvalue weighted by Gasteiger charge is -2.33. The van der Waals surface area contributed by atoms with E-state index in [9.17, 15) is 18.0 Å². The van der Waals surface area contributed by atoms with Gasteiger partial charge in [-0.2, -0.15) is 13.2 Å². The molecule has 2 rings (SSSR count). The fourth-order valence-electron chi connectivity index (χ4n) is 2.21. The van der Waals surface area contributed by atoms with Gasteiger partial charge < -0.3 is 11.1 Å². The standard InChI is InChI=1S/C13H15F3N2O/c1-7-4-9(5-7)18-12(19)10-6-8(13(14,15)16)2-3-11(10)17/h2-3,6-7,9H,4-5,17H2,1H3,(H,18,19). The molecule has 1 amide bonds. The number of hydrogen-bond donors (Lipinski definition) is 2. The Bertz CT molecular complexity index is 493. The van der Waals surface area contributed by atoms with E-state index in [-0.39, 0.29) is 17.3 Å². The van der Waals surface area contributed by atoms with Gasteiger partial charge in [-0.25, -0.2) is 0 Å². The molecule has 104 valence electrons. The van der Waals surface area contributed by atoms with Crippen LogP contribution in [0.1, 0.15) is 35.7 Å². The minimum absolute atomic E-state index is 0.0384. The topological polar surface area (TPSA) is 55.1 Å². The van der Waals surface area contributed by atoms with Crippen molar-refractivity contribution in [1.29, 1.82) is 0 Å². The summed E-state index contributed by atoms with van der Waals surface area (Å²) in [6.07, 6.45) is -2.77. The molecule has 1 fully saturated rings. The van der Waals surface area contributed by atoms with Gasteiger partial charge in [0.25, 0.3) is 5.91 Å². The number of amides is 1. The molecular formula is C13H15F3N2O. The van der Waals surface area contributed by atoms with E-state index < -0.39 is 17.6 Å². The molecule has 0 heterocycles. The second-order valence-corrected chi connectivity index (χ2v) is 5.05. The Kier molecular flexibility index (Phi) is 3.43. The average Bonchev–Trinajstić information content (AvgIpc) is 2.25. The lowest BCUT2D eigenvalue weighted by Crippen LogP contribution is -2.43. The van der Waals surface area contributed by atoms with E-state index >= 15 is 0 Å². The molecule has 1 aliphatic carbocycles. The van der Waals surface area contributed by atoms with Crippen LogP contribution in [0.3, 0.4) is 0 Å². The molecule has 1 saturated carbocycles. The van der Waals surface area contributed by atoms with Gasteiger partial charge in [0.15, 0.2) is 0 Å². The van der Waals surface area contributed by atoms with Crippen molar-refractivity contribution in [2.24, 2.45) is 5.92 Å². The normalized spacial score (nSPS) is 22.7. The van der Waals surface area contributed by atoms with Crippen LogP contribution in [0.25, 0.3) is 0 Å². The number of carbonyl (C=O) groups excluding carboxylic acids is 1. The van der Waals surface area contributed by atoms with Crippen LogP contribution in [-0.2, 0) is 6.18 Å². The predicted octanol–water partition coefficient (Wildman–Crippen LogP) is 2.82. The largest absolute Gasteiger partial charge is 0.416 e. The second-order valence-electron chi connectivity index (χ2n) is 5.05. The number of carbonyl (C=O) groups is 1. The Hall–Kier alpha value is -1.72. The summed E-state index contributed by atoms with van der Waals surface area (Å²) in [5.74, 6) is 0.00431. The zero-order valence-electron chi connectivity index (χ0n) is 10.4. The van der Waals surface area contributed by atoms with Crippen LogP contribution in [0.5, 0.6) is 0 Å². The second kappa shape index (κ2) is 4.75. The number of halogens is 3. The highest BCUT2D eigenvalue weighted by molar-refractivity contribution is 5.99. The Labute approximate surface area is 109 Å². The van der Waals surface area contributed by atoms with Crippen LogP contribution in [-0.4, -0.2) is 11.9 Å². The number of anilines is 1. The molecule has 0 aliphatic heterocycles. The monoisotopic (exact) mass is 272 g/mol. The molecule has 3 nitrogen and oxygen atoms in total. The fraction of sp³-hybridized carbons (Fsp3) is 0.462. The van der Waals surface area contributed by atoms with Crippen LogP contribution in [0, 0.1) is 5.92 Å². The van der Waals surface area contributed by atoms with Crippen molar-refractivity contribution in [3.05, 3.63) is 29.3 Å². The minimum Gasteiger partial charge on any atom is -0.398 e. The lowest BCUT2D eigenvalue weighted by molar-refractivity contribution is -0.137. The lowest BCUT2D eigenvalue weighted by atomic mass is 9.82. The number of hydrogen-bond acceptors (Lipinski definition) is 2. The van der Waals surface area contributed by atoms with Crippen LogP contribution in [0.2, 0.25) is 0 Å². The summed E-state index contributed by atoms with van der Waals surface area (Å²) in [4.78, 5) is 11.9. The Balaban J connectivity index is 2.16. The summed E-state index contributed by atoms with van der Waals surface area (Å²) in [6, 6.07) is 2.82. The van der Waals surface area contributed by atoms with Crippen LogP contribution in [0.4, 0.5) is 18.9 Å². The zero-order valence-corrected chi connectivity index (χ0v) is 10.4. The molecule has 0 atom stereocenters. The van der Waals surface area contributed by atoms with E-state index in [1.165, 1.54) is 0 Å². The van der Waals surface area contributed by atoms with Crippen molar-refractivity contribution in [3.63, 3.8) is 0 Å². The van der Waals surface area contributed by atoms with Crippen molar-refractivity contribution in [2.45, 2.75) is 32.0 Å². The van der Waals surface area contributed by atoms with Gasteiger partial charge in [0.1, 0.15) is 0 Å². The first-order valence-corrected chi connectivity index (χ1v) is 6.05. The maximum atomic E-state index is 12.6. The summed E-state index contributed by atoms with van der Waals surface area (Å²) in [5.41, 5.74) is 4.64. The number of nitrogens with one attached hydrogen (secondary N) is 1. The van der Waals surface area contributed by atoms with Gasteiger partial charge in [0, 0.05) is 11.7 Å². The van der Waals surface area contributed by atoms with Crippen molar-refractivity contribution in [2.75, 3.05) is 5.73 Å². The molecule has 0 spiro atoms. The minimum atomic E-state index is -4.48. The Morgan fingerprint density at radius 1 is 1.37 bits per heavy atom. The maximum absolute atomic E-state index is 12.6. The third-order valence-corrected chi connectivity index (χ3v) is 3.33. The molecule has 0 bridgehead atoms. The van der Waals surface area contributed by atoms with Crippen LogP contribution in [0.15, 0.2) is 18.2 Å². The third kappa shape index (κ3) is 3.00. The summed E-state index contributed by atoms with van der Waals surface area (Å²) < 4.78 is 37.7. The number of rotatable bonds is 2. The highest BCUT2D eigenvalue weighted by atomic mass is 19.4.